The van der Waals surface area contributed by atoms with E-state index in [0.29, 0.717) is 0 Å². The first-order valence-electron chi connectivity index (χ1n) is 7.27. The van der Waals surface area contributed by atoms with E-state index in [-0.39, 0.29) is 6.04 Å². The maximum Gasteiger partial charge on any atom is 0.0344 e. The number of nitrogens with two attached hydrogens (primary N) is 1. The summed E-state index contributed by atoms with van der Waals surface area (Å²) in [5.74, 6) is 0. The largest absolute Gasteiger partial charge is 0.348 e. The van der Waals surface area contributed by atoms with Crippen LogP contribution in [-0.2, 0) is 6.42 Å². The van der Waals surface area contributed by atoms with Crippen molar-refractivity contribution < 1.29 is 0 Å². The Hall–Kier alpha value is -0.410. The smallest absolute Gasteiger partial charge is 0.0344 e. The minimum absolute atomic E-state index is 0.287. The molecule has 1 saturated carbocycles. The molecule has 0 aliphatic heterocycles. The molecule has 3 unspecified atom stereocenters. The molecule has 2 aliphatic rings. The first kappa shape index (κ1) is 12.6. The van der Waals surface area contributed by atoms with Gasteiger partial charge in [0.05, 0.1) is 0 Å². The Morgan fingerprint density at radius 3 is 3.00 bits per heavy atom. The molecule has 0 radical (unpaired) electrons. The van der Waals surface area contributed by atoms with Crippen molar-refractivity contribution >= 4 is 11.8 Å². The number of hydrogen-bond donors (Lipinski definition) is 1. The van der Waals surface area contributed by atoms with Gasteiger partial charge < -0.3 is 10.3 Å². The summed E-state index contributed by atoms with van der Waals surface area (Å²) in [4.78, 5) is 0. The Morgan fingerprint density at radius 2 is 2.17 bits per heavy atom. The lowest BCUT2D eigenvalue weighted by Gasteiger charge is -2.32. The van der Waals surface area contributed by atoms with Gasteiger partial charge in [-0.2, -0.15) is 11.8 Å². The zero-order valence-corrected chi connectivity index (χ0v) is 12.1. The van der Waals surface area contributed by atoms with Crippen molar-refractivity contribution in [2.75, 3.05) is 6.26 Å². The molecule has 100 valence electrons. The Labute approximate surface area is 114 Å². The van der Waals surface area contributed by atoms with Gasteiger partial charge in [-0.05, 0) is 56.4 Å². The monoisotopic (exact) mass is 264 g/mol. The van der Waals surface area contributed by atoms with Crippen molar-refractivity contribution in [3.63, 3.8) is 0 Å². The molecule has 0 aromatic carbocycles. The van der Waals surface area contributed by atoms with Crippen LogP contribution in [0, 0.1) is 0 Å². The lowest BCUT2D eigenvalue weighted by molar-refractivity contribution is 0.350. The highest BCUT2D eigenvalue weighted by atomic mass is 32.2. The van der Waals surface area contributed by atoms with Crippen LogP contribution >= 0.6 is 11.8 Å². The summed E-state index contributed by atoms with van der Waals surface area (Å²) >= 11 is 2.05. The quantitative estimate of drug-likeness (QED) is 0.883. The average Bonchev–Trinajstić information content (AvgIpc) is 2.84. The highest BCUT2D eigenvalue weighted by Gasteiger charge is 2.27. The van der Waals surface area contributed by atoms with Crippen LogP contribution in [0.5, 0.6) is 0 Å². The van der Waals surface area contributed by atoms with Gasteiger partial charge in [0, 0.05) is 29.2 Å². The van der Waals surface area contributed by atoms with Crippen LogP contribution in [0.15, 0.2) is 12.3 Å². The van der Waals surface area contributed by atoms with Crippen LogP contribution in [0.4, 0.5) is 0 Å². The second kappa shape index (κ2) is 5.30. The van der Waals surface area contributed by atoms with Crippen molar-refractivity contribution in [2.45, 2.75) is 62.3 Å². The van der Waals surface area contributed by atoms with Gasteiger partial charge in [-0.25, -0.2) is 0 Å². The van der Waals surface area contributed by atoms with E-state index in [4.69, 9.17) is 5.73 Å². The van der Waals surface area contributed by atoms with E-state index >= 15 is 0 Å². The highest BCUT2D eigenvalue weighted by Crippen LogP contribution is 2.38. The third-order valence-corrected chi connectivity index (χ3v) is 5.81. The number of aromatic nitrogens is 1. The summed E-state index contributed by atoms with van der Waals surface area (Å²) in [6.07, 6.45) is 13.7. The first-order chi connectivity index (χ1) is 8.79. The van der Waals surface area contributed by atoms with Crippen LogP contribution in [0.1, 0.15) is 61.9 Å². The van der Waals surface area contributed by atoms with Crippen LogP contribution in [0.3, 0.4) is 0 Å². The number of hydrogen-bond acceptors (Lipinski definition) is 2. The Balaban J connectivity index is 1.84. The van der Waals surface area contributed by atoms with E-state index in [1.54, 1.807) is 5.69 Å². The van der Waals surface area contributed by atoms with Crippen LogP contribution < -0.4 is 5.73 Å². The summed E-state index contributed by atoms with van der Waals surface area (Å²) in [5.41, 5.74) is 9.19. The molecule has 0 spiro atoms. The Morgan fingerprint density at radius 1 is 1.28 bits per heavy atom. The molecule has 18 heavy (non-hydrogen) atoms. The van der Waals surface area contributed by atoms with Gasteiger partial charge in [-0.3, -0.25) is 0 Å². The van der Waals surface area contributed by atoms with Gasteiger partial charge in [0.2, 0.25) is 0 Å². The number of rotatable bonds is 2. The van der Waals surface area contributed by atoms with Gasteiger partial charge in [-0.1, -0.05) is 6.42 Å². The van der Waals surface area contributed by atoms with Crippen LogP contribution in [0.25, 0.3) is 0 Å². The zero-order valence-electron chi connectivity index (χ0n) is 11.3. The summed E-state index contributed by atoms with van der Waals surface area (Å²) in [6, 6.07) is 3.29. The first-order valence-corrected chi connectivity index (χ1v) is 8.56. The maximum absolute atomic E-state index is 6.23. The third kappa shape index (κ3) is 2.23. The molecule has 3 atom stereocenters. The SMILES string of the molecule is CSC1CCCC(n2ccc3c2CCCC3N)C1. The van der Waals surface area contributed by atoms with Gasteiger partial charge >= 0.3 is 0 Å². The van der Waals surface area contributed by atoms with Crippen molar-refractivity contribution in [1.82, 2.24) is 4.57 Å². The average molecular weight is 264 g/mol. The lowest BCUT2D eigenvalue weighted by Crippen LogP contribution is -2.24. The molecule has 1 fully saturated rings. The predicted molar refractivity (Wildman–Crippen MR) is 79.1 cm³/mol. The van der Waals surface area contributed by atoms with Crippen molar-refractivity contribution in [3.8, 4) is 0 Å². The van der Waals surface area contributed by atoms with E-state index in [1.807, 2.05) is 11.8 Å². The Kier molecular flexibility index (Phi) is 3.71. The molecule has 1 heterocycles. The molecule has 3 rings (SSSR count). The molecule has 3 heteroatoms. The second-order valence-electron chi connectivity index (χ2n) is 5.80. The summed E-state index contributed by atoms with van der Waals surface area (Å²) in [5, 5.41) is 0.860. The van der Waals surface area contributed by atoms with E-state index < -0.39 is 0 Å². The summed E-state index contributed by atoms with van der Waals surface area (Å²) in [6.45, 7) is 0. The Bertz CT molecular complexity index is 413. The minimum atomic E-state index is 0.287. The van der Waals surface area contributed by atoms with E-state index in [2.05, 4.69) is 23.1 Å². The van der Waals surface area contributed by atoms with Gasteiger partial charge in [-0.15, -0.1) is 0 Å². The molecular weight excluding hydrogens is 240 g/mol. The van der Waals surface area contributed by atoms with Crippen molar-refractivity contribution in [2.24, 2.45) is 5.73 Å². The molecular formula is C15H24N2S. The van der Waals surface area contributed by atoms with Gasteiger partial charge in [0.25, 0.3) is 0 Å². The van der Waals surface area contributed by atoms with Crippen molar-refractivity contribution in [1.29, 1.82) is 0 Å². The van der Waals surface area contributed by atoms with Gasteiger partial charge in [0.1, 0.15) is 0 Å². The van der Waals surface area contributed by atoms with Crippen molar-refractivity contribution in [3.05, 3.63) is 23.5 Å². The normalized spacial score (nSPS) is 32.2. The molecule has 2 N–H and O–H groups in total. The molecule has 1 aromatic rings. The van der Waals surface area contributed by atoms with Crippen LogP contribution in [0.2, 0.25) is 0 Å². The second-order valence-corrected chi connectivity index (χ2v) is 6.94. The fraction of sp³-hybridized carbons (Fsp3) is 0.733. The van der Waals surface area contributed by atoms with E-state index in [1.165, 1.54) is 44.1 Å². The molecule has 2 aliphatic carbocycles. The fourth-order valence-electron chi connectivity index (χ4n) is 3.68. The van der Waals surface area contributed by atoms with Crippen LogP contribution in [-0.4, -0.2) is 16.1 Å². The molecule has 0 saturated heterocycles. The zero-order chi connectivity index (χ0) is 12.5. The number of thioether (sulfide) groups is 1. The lowest BCUT2D eigenvalue weighted by atomic mass is 9.91. The molecule has 0 bridgehead atoms. The molecule has 2 nitrogen and oxygen atoms in total. The molecule has 0 amide bonds. The standard InChI is InChI=1S/C15H24N2S/c1-18-12-5-2-4-11(10-12)17-9-8-13-14(16)6-3-7-15(13)17/h8-9,11-12,14H,2-7,10,16H2,1H3. The predicted octanol–water partition coefficient (Wildman–Crippen LogP) is 3.67. The van der Waals surface area contributed by atoms with E-state index in [0.717, 1.165) is 17.7 Å². The number of fused-ring (bicyclic) bond motifs is 1. The van der Waals surface area contributed by atoms with E-state index in [9.17, 15) is 0 Å². The maximum atomic E-state index is 6.23. The summed E-state index contributed by atoms with van der Waals surface area (Å²) < 4.78 is 2.57. The van der Waals surface area contributed by atoms with Gasteiger partial charge in [0.15, 0.2) is 0 Å². The third-order valence-electron chi connectivity index (χ3n) is 4.71. The molecule has 1 aromatic heterocycles. The number of nitrogens with zero attached hydrogens (tertiary/aromatic N) is 1. The summed E-state index contributed by atoms with van der Waals surface area (Å²) in [7, 11) is 0. The minimum Gasteiger partial charge on any atom is -0.348 e. The fourth-order valence-corrected chi connectivity index (χ4v) is 4.50. The highest BCUT2D eigenvalue weighted by molar-refractivity contribution is 7.99. The topological polar surface area (TPSA) is 30.9 Å².